The van der Waals surface area contributed by atoms with Crippen molar-refractivity contribution < 1.29 is 20.6 Å². The molecule has 0 spiro atoms. The summed E-state index contributed by atoms with van der Waals surface area (Å²) in [6.45, 7) is 0. The molecule has 1 atom stereocenters. The molecule has 0 saturated heterocycles. The number of carbonyl (C=O) groups excluding carboxylic acids is 1. The third kappa shape index (κ3) is 3.03. The second kappa shape index (κ2) is 4.52. The van der Waals surface area contributed by atoms with Crippen LogP contribution in [0.5, 0.6) is 0 Å². The van der Waals surface area contributed by atoms with E-state index in [-0.39, 0.29) is 12.1 Å². The molecule has 15 heavy (non-hydrogen) atoms. The maximum absolute atomic E-state index is 10.3. The Hall–Kier alpha value is -1.95. The van der Waals surface area contributed by atoms with E-state index >= 15 is 0 Å². The summed E-state index contributed by atoms with van der Waals surface area (Å²) < 4.78 is 0. The molecule has 0 unspecified atom stereocenters. The summed E-state index contributed by atoms with van der Waals surface area (Å²) in [5.74, 6) is -1.19. The third-order valence-corrected chi connectivity index (χ3v) is 1.99. The van der Waals surface area contributed by atoms with Gasteiger partial charge in [-0.3, -0.25) is 10.1 Å². The molecule has 0 aliphatic rings. The molecule has 1 aromatic rings. The number of carboxylic acids is 1. The largest absolute Gasteiger partial charge is 0.550 e. The van der Waals surface area contributed by atoms with Gasteiger partial charge in [0.1, 0.15) is 6.04 Å². The highest BCUT2D eigenvalue weighted by Crippen LogP contribution is 2.16. The first-order chi connectivity index (χ1) is 7.00. The maximum atomic E-state index is 10.3. The Morgan fingerprint density at radius 3 is 2.33 bits per heavy atom. The SMILES string of the molecule is [NH3+][C@@H](CC(=O)[O-])c1ccc([N+](=O)[O-])cc1. The van der Waals surface area contributed by atoms with E-state index in [0.717, 1.165) is 0 Å². The van der Waals surface area contributed by atoms with Gasteiger partial charge >= 0.3 is 0 Å². The topological polar surface area (TPSA) is 111 Å². The number of quaternary nitrogens is 1. The van der Waals surface area contributed by atoms with Gasteiger partial charge < -0.3 is 15.6 Å². The van der Waals surface area contributed by atoms with E-state index in [4.69, 9.17) is 0 Å². The molecule has 0 fully saturated rings. The van der Waals surface area contributed by atoms with Crippen LogP contribution >= 0.6 is 0 Å². The van der Waals surface area contributed by atoms with Crippen molar-refractivity contribution in [2.24, 2.45) is 0 Å². The highest BCUT2D eigenvalue weighted by Gasteiger charge is 2.11. The summed E-state index contributed by atoms with van der Waals surface area (Å²) in [6.07, 6.45) is -0.197. The van der Waals surface area contributed by atoms with E-state index in [0.29, 0.717) is 5.56 Å². The first kappa shape index (κ1) is 11.1. The van der Waals surface area contributed by atoms with Crippen molar-refractivity contribution in [2.45, 2.75) is 12.5 Å². The summed E-state index contributed by atoms with van der Waals surface area (Å²) in [4.78, 5) is 20.1. The van der Waals surface area contributed by atoms with Gasteiger partial charge in [0.15, 0.2) is 0 Å². The van der Waals surface area contributed by atoms with Crippen LogP contribution in [0, 0.1) is 10.1 Å². The molecule has 0 aromatic heterocycles. The lowest BCUT2D eigenvalue weighted by molar-refractivity contribution is -0.430. The minimum atomic E-state index is -1.19. The summed E-state index contributed by atoms with van der Waals surface area (Å²) in [5, 5.41) is 20.6. The standard InChI is InChI=1S/C9H10N2O4/c10-8(5-9(12)13)6-1-3-7(4-2-6)11(14)15/h1-4,8H,5,10H2,(H,12,13)/t8-/m0/s1. The van der Waals surface area contributed by atoms with Crippen LogP contribution in [0.15, 0.2) is 24.3 Å². The van der Waals surface area contributed by atoms with Crippen molar-refractivity contribution in [3.8, 4) is 0 Å². The molecule has 1 aromatic carbocycles. The Morgan fingerprint density at radius 2 is 1.93 bits per heavy atom. The first-order valence-corrected chi connectivity index (χ1v) is 4.28. The summed E-state index contributed by atoms with van der Waals surface area (Å²) in [6, 6.07) is 5.19. The zero-order chi connectivity index (χ0) is 11.4. The number of non-ortho nitro benzene ring substituents is 1. The number of nitrogens with zero attached hydrogens (tertiary/aromatic N) is 1. The van der Waals surface area contributed by atoms with Crippen molar-refractivity contribution in [2.75, 3.05) is 0 Å². The molecule has 0 bridgehead atoms. The predicted octanol–water partition coefficient (Wildman–Crippen LogP) is -0.982. The molecule has 1 rings (SSSR count). The van der Waals surface area contributed by atoms with Gasteiger partial charge in [0, 0.05) is 30.1 Å². The molecule has 0 radical (unpaired) electrons. The maximum Gasteiger partial charge on any atom is 0.269 e. The summed E-state index contributed by atoms with van der Waals surface area (Å²) in [5.41, 5.74) is 4.25. The number of rotatable bonds is 4. The Labute approximate surface area is 85.5 Å². The quantitative estimate of drug-likeness (QED) is 0.508. The van der Waals surface area contributed by atoms with Crippen LogP contribution in [0.2, 0.25) is 0 Å². The fraction of sp³-hybridized carbons (Fsp3) is 0.222. The van der Waals surface area contributed by atoms with E-state index in [1.165, 1.54) is 24.3 Å². The number of hydrogen-bond donors (Lipinski definition) is 1. The number of carbonyl (C=O) groups is 1. The molecule has 0 heterocycles. The number of aliphatic carboxylic acids is 1. The van der Waals surface area contributed by atoms with E-state index < -0.39 is 16.9 Å². The average Bonchev–Trinajstić information content (AvgIpc) is 2.17. The monoisotopic (exact) mass is 210 g/mol. The normalized spacial score (nSPS) is 12.1. The van der Waals surface area contributed by atoms with Crippen LogP contribution < -0.4 is 10.8 Å². The van der Waals surface area contributed by atoms with Crippen molar-refractivity contribution in [3.63, 3.8) is 0 Å². The van der Waals surface area contributed by atoms with Crippen molar-refractivity contribution >= 4 is 11.7 Å². The zero-order valence-corrected chi connectivity index (χ0v) is 7.88. The number of hydrogen-bond acceptors (Lipinski definition) is 4. The summed E-state index contributed by atoms with van der Waals surface area (Å²) >= 11 is 0. The van der Waals surface area contributed by atoms with Gasteiger partial charge in [-0.1, -0.05) is 0 Å². The lowest BCUT2D eigenvalue weighted by Crippen LogP contribution is -2.55. The minimum Gasteiger partial charge on any atom is -0.550 e. The van der Waals surface area contributed by atoms with Crippen LogP contribution in [0.4, 0.5) is 5.69 Å². The molecule has 80 valence electrons. The van der Waals surface area contributed by atoms with Crippen molar-refractivity contribution in [3.05, 3.63) is 39.9 Å². The van der Waals surface area contributed by atoms with Crippen LogP contribution in [0.1, 0.15) is 18.0 Å². The Kier molecular flexibility index (Phi) is 3.35. The van der Waals surface area contributed by atoms with E-state index in [1.54, 1.807) is 0 Å². The van der Waals surface area contributed by atoms with E-state index in [1.807, 2.05) is 0 Å². The number of carboxylic acid groups (broad SMARTS) is 1. The number of nitro benzene ring substituents is 1. The minimum absolute atomic E-state index is 0.0283. The second-order valence-corrected chi connectivity index (χ2v) is 3.12. The van der Waals surface area contributed by atoms with Gasteiger partial charge in [-0.2, -0.15) is 0 Å². The molecule has 3 N–H and O–H groups in total. The van der Waals surface area contributed by atoms with Crippen molar-refractivity contribution in [1.82, 2.24) is 0 Å². The van der Waals surface area contributed by atoms with Gasteiger partial charge in [0.05, 0.1) is 4.92 Å². The highest BCUT2D eigenvalue weighted by molar-refractivity contribution is 5.65. The summed E-state index contributed by atoms with van der Waals surface area (Å²) in [7, 11) is 0. The molecular formula is C9H10N2O4. The number of nitro groups is 1. The van der Waals surface area contributed by atoms with Gasteiger partial charge in [-0.25, -0.2) is 0 Å². The number of benzene rings is 1. The molecule has 6 nitrogen and oxygen atoms in total. The highest BCUT2D eigenvalue weighted by atomic mass is 16.6. The van der Waals surface area contributed by atoms with Gasteiger partial charge in [-0.05, 0) is 12.1 Å². The van der Waals surface area contributed by atoms with Crippen molar-refractivity contribution in [1.29, 1.82) is 0 Å². The molecule has 0 amide bonds. The van der Waals surface area contributed by atoms with Crippen LogP contribution in [-0.2, 0) is 4.79 Å². The second-order valence-electron chi connectivity index (χ2n) is 3.12. The fourth-order valence-corrected chi connectivity index (χ4v) is 1.19. The van der Waals surface area contributed by atoms with Gasteiger partial charge in [0.25, 0.3) is 5.69 Å². The predicted molar refractivity (Wildman–Crippen MR) is 48.3 cm³/mol. The lowest BCUT2D eigenvalue weighted by atomic mass is 10.0. The Bertz CT molecular complexity index is 374. The zero-order valence-electron chi connectivity index (χ0n) is 7.88. The van der Waals surface area contributed by atoms with E-state index in [9.17, 15) is 20.0 Å². The molecule has 0 saturated carbocycles. The first-order valence-electron chi connectivity index (χ1n) is 4.28. The smallest absolute Gasteiger partial charge is 0.269 e. The van der Waals surface area contributed by atoms with Gasteiger partial charge in [-0.15, -0.1) is 0 Å². The Morgan fingerprint density at radius 1 is 1.40 bits per heavy atom. The van der Waals surface area contributed by atoms with E-state index in [2.05, 4.69) is 5.73 Å². The molecule has 0 aliphatic heterocycles. The van der Waals surface area contributed by atoms with Gasteiger partial charge in [0.2, 0.25) is 0 Å². The lowest BCUT2D eigenvalue weighted by Gasteiger charge is -2.08. The molecule has 0 aliphatic carbocycles. The van der Waals surface area contributed by atoms with Crippen LogP contribution in [0.3, 0.4) is 0 Å². The Balaban J connectivity index is 2.79. The fourth-order valence-electron chi connectivity index (χ4n) is 1.19. The average molecular weight is 210 g/mol. The third-order valence-electron chi connectivity index (χ3n) is 1.99. The molecule has 6 heteroatoms. The van der Waals surface area contributed by atoms with Crippen LogP contribution in [0.25, 0.3) is 0 Å². The molecular weight excluding hydrogens is 200 g/mol. The van der Waals surface area contributed by atoms with Crippen LogP contribution in [-0.4, -0.2) is 10.9 Å².